The number of nitrogens with zero attached hydrogens (tertiary/aromatic N) is 1. The molecule has 0 aliphatic carbocycles. The minimum Gasteiger partial charge on any atom is -0.481 e. The summed E-state index contributed by atoms with van der Waals surface area (Å²) >= 11 is 5.94. The van der Waals surface area contributed by atoms with Gasteiger partial charge in [0.1, 0.15) is 5.69 Å². The molecule has 5 nitrogen and oxygen atoms in total. The van der Waals surface area contributed by atoms with Crippen molar-refractivity contribution in [3.63, 3.8) is 0 Å². The number of carboxylic acids is 1. The van der Waals surface area contributed by atoms with Crippen LogP contribution in [0, 0.1) is 5.92 Å². The Morgan fingerprint density at radius 3 is 2.40 bits per heavy atom. The van der Waals surface area contributed by atoms with Gasteiger partial charge >= 0.3 is 5.97 Å². The first kappa shape index (κ1) is 16.6. The van der Waals surface area contributed by atoms with Gasteiger partial charge in [0, 0.05) is 18.3 Å². The van der Waals surface area contributed by atoms with Gasteiger partial charge in [0.25, 0.3) is 5.91 Å². The fourth-order valence-electron chi connectivity index (χ4n) is 1.94. The molecule has 1 heterocycles. The number of carbonyl (C=O) groups is 2. The van der Waals surface area contributed by atoms with Crippen molar-refractivity contribution in [3.8, 4) is 0 Å². The van der Waals surface area contributed by atoms with Crippen LogP contribution in [0.5, 0.6) is 0 Å². The van der Waals surface area contributed by atoms with Crippen molar-refractivity contribution in [2.45, 2.75) is 46.2 Å². The van der Waals surface area contributed by atoms with Gasteiger partial charge in [-0.15, -0.1) is 0 Å². The van der Waals surface area contributed by atoms with E-state index in [2.05, 4.69) is 5.32 Å². The summed E-state index contributed by atoms with van der Waals surface area (Å²) in [5.74, 6) is -1.19. The Morgan fingerprint density at radius 2 is 1.95 bits per heavy atom. The number of nitrogens with one attached hydrogen (secondary N) is 1. The molecular formula is C14H21ClN2O3. The molecule has 20 heavy (non-hydrogen) atoms. The topological polar surface area (TPSA) is 71.3 Å². The number of halogens is 1. The molecule has 0 saturated heterocycles. The van der Waals surface area contributed by atoms with E-state index in [0.29, 0.717) is 10.7 Å². The fraction of sp³-hybridized carbons (Fsp3) is 0.571. The maximum absolute atomic E-state index is 12.3. The molecule has 0 saturated carbocycles. The zero-order valence-electron chi connectivity index (χ0n) is 12.2. The highest BCUT2D eigenvalue weighted by Gasteiger charge is 2.22. The third kappa shape index (κ3) is 4.27. The average Bonchev–Trinajstić information content (AvgIpc) is 2.69. The van der Waals surface area contributed by atoms with E-state index >= 15 is 0 Å². The highest BCUT2D eigenvalue weighted by molar-refractivity contribution is 6.31. The molecule has 0 bridgehead atoms. The van der Waals surface area contributed by atoms with Gasteiger partial charge in [0.15, 0.2) is 0 Å². The lowest BCUT2D eigenvalue weighted by molar-refractivity contribution is -0.137. The highest BCUT2D eigenvalue weighted by Crippen LogP contribution is 2.19. The number of hydrogen-bond acceptors (Lipinski definition) is 2. The summed E-state index contributed by atoms with van der Waals surface area (Å²) in [7, 11) is 0. The number of carboxylic acid groups (broad SMARTS) is 1. The van der Waals surface area contributed by atoms with Crippen LogP contribution in [0.2, 0.25) is 5.02 Å². The zero-order valence-corrected chi connectivity index (χ0v) is 12.9. The zero-order chi connectivity index (χ0) is 15.4. The van der Waals surface area contributed by atoms with Gasteiger partial charge in [-0.05, 0) is 25.8 Å². The molecule has 112 valence electrons. The van der Waals surface area contributed by atoms with Crippen LogP contribution in [0.4, 0.5) is 0 Å². The molecule has 2 N–H and O–H groups in total. The molecule has 1 rings (SSSR count). The lowest BCUT2D eigenvalue weighted by Crippen LogP contribution is -2.40. The first-order valence-corrected chi connectivity index (χ1v) is 7.00. The highest BCUT2D eigenvalue weighted by atomic mass is 35.5. The first-order chi connectivity index (χ1) is 9.22. The predicted molar refractivity (Wildman–Crippen MR) is 78.2 cm³/mol. The SMILES string of the molecule is CC(C)C(CC(=O)O)NC(=O)c1cc(Cl)cn1C(C)C. The van der Waals surface area contributed by atoms with E-state index in [0.717, 1.165) is 0 Å². The Kier molecular flexibility index (Phi) is 5.62. The van der Waals surface area contributed by atoms with Crippen molar-refractivity contribution in [1.82, 2.24) is 9.88 Å². The summed E-state index contributed by atoms with van der Waals surface area (Å²) in [4.78, 5) is 23.1. The van der Waals surface area contributed by atoms with E-state index in [1.165, 1.54) is 0 Å². The molecular weight excluding hydrogens is 280 g/mol. The van der Waals surface area contributed by atoms with E-state index in [-0.39, 0.29) is 24.3 Å². The molecule has 0 aliphatic rings. The molecule has 0 fully saturated rings. The van der Waals surface area contributed by atoms with Gasteiger partial charge in [-0.2, -0.15) is 0 Å². The maximum atomic E-state index is 12.3. The third-order valence-electron chi connectivity index (χ3n) is 3.12. The molecule has 1 aromatic rings. The maximum Gasteiger partial charge on any atom is 0.305 e. The summed E-state index contributed by atoms with van der Waals surface area (Å²) in [6.45, 7) is 7.65. The van der Waals surface area contributed by atoms with Crippen molar-refractivity contribution in [3.05, 3.63) is 23.0 Å². The fourth-order valence-corrected chi connectivity index (χ4v) is 2.15. The van der Waals surface area contributed by atoms with Crippen LogP contribution in [0.25, 0.3) is 0 Å². The van der Waals surface area contributed by atoms with Crippen molar-refractivity contribution < 1.29 is 14.7 Å². The minimum absolute atomic E-state index is 0.0352. The van der Waals surface area contributed by atoms with E-state index in [1.54, 1.807) is 16.8 Å². The average molecular weight is 301 g/mol. The van der Waals surface area contributed by atoms with Crippen LogP contribution < -0.4 is 5.32 Å². The monoisotopic (exact) mass is 300 g/mol. The second kappa shape index (κ2) is 6.79. The Morgan fingerprint density at radius 1 is 1.35 bits per heavy atom. The van der Waals surface area contributed by atoms with Gasteiger partial charge in [-0.1, -0.05) is 25.4 Å². The van der Waals surface area contributed by atoms with Crippen LogP contribution in [-0.2, 0) is 4.79 Å². The van der Waals surface area contributed by atoms with Crippen LogP contribution >= 0.6 is 11.6 Å². The number of aliphatic carboxylic acids is 1. The summed E-state index contributed by atoms with van der Waals surface area (Å²) in [6.07, 6.45) is 1.60. The molecule has 0 radical (unpaired) electrons. The number of rotatable bonds is 6. The van der Waals surface area contributed by atoms with Gasteiger partial charge < -0.3 is 15.0 Å². The predicted octanol–water partition coefficient (Wildman–Crippen LogP) is 2.95. The Balaban J connectivity index is 2.91. The van der Waals surface area contributed by atoms with E-state index in [9.17, 15) is 9.59 Å². The Labute approximate surface area is 123 Å². The quantitative estimate of drug-likeness (QED) is 0.848. The Bertz CT molecular complexity index is 495. The third-order valence-corrected chi connectivity index (χ3v) is 3.33. The van der Waals surface area contributed by atoms with Gasteiger partial charge in [0.05, 0.1) is 11.4 Å². The van der Waals surface area contributed by atoms with Crippen molar-refractivity contribution in [2.75, 3.05) is 0 Å². The standard InChI is InChI=1S/C14H21ClN2O3/c1-8(2)11(6-13(18)19)16-14(20)12-5-10(15)7-17(12)9(3)4/h5,7-9,11H,6H2,1-4H3,(H,16,20)(H,18,19). The van der Waals surface area contributed by atoms with Crippen LogP contribution in [0.1, 0.15) is 50.6 Å². The summed E-state index contributed by atoms with van der Waals surface area (Å²) in [5, 5.41) is 12.1. The van der Waals surface area contributed by atoms with Crippen LogP contribution in [-0.4, -0.2) is 27.6 Å². The molecule has 1 unspecified atom stereocenters. The van der Waals surface area contributed by atoms with Crippen LogP contribution in [0.15, 0.2) is 12.3 Å². The summed E-state index contributed by atoms with van der Waals surface area (Å²) < 4.78 is 1.77. The van der Waals surface area contributed by atoms with E-state index in [1.807, 2.05) is 27.7 Å². The van der Waals surface area contributed by atoms with Crippen molar-refractivity contribution >= 4 is 23.5 Å². The second-order valence-corrected chi connectivity index (χ2v) is 5.90. The van der Waals surface area contributed by atoms with Crippen LogP contribution in [0.3, 0.4) is 0 Å². The molecule has 0 aliphatic heterocycles. The van der Waals surface area contributed by atoms with E-state index in [4.69, 9.17) is 16.7 Å². The molecule has 0 spiro atoms. The summed E-state index contributed by atoms with van der Waals surface area (Å²) in [6, 6.07) is 1.28. The van der Waals surface area contributed by atoms with Gasteiger partial charge in [0.2, 0.25) is 0 Å². The largest absolute Gasteiger partial charge is 0.481 e. The van der Waals surface area contributed by atoms with Gasteiger partial charge in [-0.3, -0.25) is 9.59 Å². The second-order valence-electron chi connectivity index (χ2n) is 5.47. The lowest BCUT2D eigenvalue weighted by atomic mass is 10.0. The molecule has 1 aromatic heterocycles. The number of aromatic nitrogens is 1. The normalized spacial score (nSPS) is 12.8. The van der Waals surface area contributed by atoms with E-state index < -0.39 is 12.0 Å². The van der Waals surface area contributed by atoms with Crippen molar-refractivity contribution in [2.24, 2.45) is 5.92 Å². The number of amides is 1. The lowest BCUT2D eigenvalue weighted by Gasteiger charge is -2.21. The number of hydrogen-bond donors (Lipinski definition) is 2. The first-order valence-electron chi connectivity index (χ1n) is 6.62. The molecule has 6 heteroatoms. The van der Waals surface area contributed by atoms with Crippen molar-refractivity contribution in [1.29, 1.82) is 0 Å². The minimum atomic E-state index is -0.929. The summed E-state index contributed by atoms with van der Waals surface area (Å²) in [5.41, 5.74) is 0.445. The molecule has 1 atom stereocenters. The van der Waals surface area contributed by atoms with Gasteiger partial charge in [-0.25, -0.2) is 0 Å². The molecule has 1 amide bonds. The smallest absolute Gasteiger partial charge is 0.305 e. The Hall–Kier alpha value is -1.49. The molecule has 0 aromatic carbocycles. The number of carbonyl (C=O) groups excluding carboxylic acids is 1.